The third-order valence-corrected chi connectivity index (χ3v) is 3.74. The molecule has 0 radical (unpaired) electrons. The minimum Gasteiger partial charge on any atom is -0.330 e. The highest BCUT2D eigenvalue weighted by Crippen LogP contribution is 2.26. The van der Waals surface area contributed by atoms with Crippen molar-refractivity contribution in [1.82, 2.24) is 0 Å². The van der Waals surface area contributed by atoms with Gasteiger partial charge in [0.05, 0.1) is 0 Å². The lowest BCUT2D eigenvalue weighted by Crippen LogP contribution is -2.06. The highest BCUT2D eigenvalue weighted by Gasteiger charge is 2.08. The average molecular weight is 253 g/mol. The van der Waals surface area contributed by atoms with Gasteiger partial charge in [0, 0.05) is 0 Å². The first-order valence-corrected chi connectivity index (χ1v) is 7.11. The predicted octanol–water partition coefficient (Wildman–Crippen LogP) is 4.50. The SMILES string of the molecule is CCC(CCN)c1ccc(-c2cccc(C)c2)cc1. The summed E-state index contributed by atoms with van der Waals surface area (Å²) in [6.07, 6.45) is 2.22. The van der Waals surface area contributed by atoms with Crippen LogP contribution in [0.1, 0.15) is 36.8 Å². The summed E-state index contributed by atoms with van der Waals surface area (Å²) in [5.41, 5.74) is 11.0. The second-order valence-corrected chi connectivity index (χ2v) is 5.17. The van der Waals surface area contributed by atoms with Gasteiger partial charge in [-0.25, -0.2) is 0 Å². The van der Waals surface area contributed by atoms with Gasteiger partial charge in [-0.3, -0.25) is 0 Å². The van der Waals surface area contributed by atoms with Crippen LogP contribution in [0, 0.1) is 6.92 Å². The first-order valence-electron chi connectivity index (χ1n) is 7.11. The van der Waals surface area contributed by atoms with E-state index in [1.165, 1.54) is 22.3 Å². The van der Waals surface area contributed by atoms with E-state index in [0.29, 0.717) is 5.92 Å². The molecule has 0 heterocycles. The summed E-state index contributed by atoms with van der Waals surface area (Å²) in [5.74, 6) is 0.594. The van der Waals surface area contributed by atoms with Crippen molar-refractivity contribution in [3.05, 3.63) is 59.7 Å². The Morgan fingerprint density at radius 1 is 1.00 bits per heavy atom. The molecule has 1 atom stereocenters. The van der Waals surface area contributed by atoms with E-state index in [4.69, 9.17) is 5.73 Å². The zero-order valence-electron chi connectivity index (χ0n) is 11.9. The van der Waals surface area contributed by atoms with Crippen LogP contribution in [0.5, 0.6) is 0 Å². The minimum atomic E-state index is 0.594. The van der Waals surface area contributed by atoms with Crippen LogP contribution in [-0.4, -0.2) is 6.54 Å². The number of aryl methyl sites for hydroxylation is 1. The normalized spacial score (nSPS) is 12.4. The smallest absolute Gasteiger partial charge is 0.00714 e. The van der Waals surface area contributed by atoms with Gasteiger partial charge in [-0.1, -0.05) is 61.0 Å². The van der Waals surface area contributed by atoms with E-state index >= 15 is 0 Å². The van der Waals surface area contributed by atoms with E-state index < -0.39 is 0 Å². The number of nitrogens with two attached hydrogens (primary N) is 1. The molecule has 0 fully saturated rings. The molecular weight excluding hydrogens is 230 g/mol. The molecule has 0 spiro atoms. The van der Waals surface area contributed by atoms with Gasteiger partial charge in [0.2, 0.25) is 0 Å². The molecule has 2 aromatic rings. The number of hydrogen-bond acceptors (Lipinski definition) is 1. The van der Waals surface area contributed by atoms with E-state index in [0.717, 1.165) is 19.4 Å². The standard InChI is InChI=1S/C18H23N/c1-3-15(11-12-19)16-7-9-17(10-8-16)18-6-4-5-14(2)13-18/h4-10,13,15H,3,11-12,19H2,1-2H3. The van der Waals surface area contributed by atoms with Crippen molar-refractivity contribution in [2.75, 3.05) is 6.54 Å². The molecule has 0 bridgehead atoms. The van der Waals surface area contributed by atoms with Crippen molar-refractivity contribution in [1.29, 1.82) is 0 Å². The fourth-order valence-corrected chi connectivity index (χ4v) is 2.58. The van der Waals surface area contributed by atoms with Gasteiger partial charge in [-0.15, -0.1) is 0 Å². The Kier molecular flexibility index (Phi) is 4.75. The van der Waals surface area contributed by atoms with E-state index in [9.17, 15) is 0 Å². The zero-order chi connectivity index (χ0) is 13.7. The Balaban J connectivity index is 2.23. The third-order valence-electron chi connectivity index (χ3n) is 3.74. The summed E-state index contributed by atoms with van der Waals surface area (Å²) in [5, 5.41) is 0. The minimum absolute atomic E-state index is 0.594. The Morgan fingerprint density at radius 3 is 2.32 bits per heavy atom. The van der Waals surface area contributed by atoms with Crippen LogP contribution in [0.4, 0.5) is 0 Å². The lowest BCUT2D eigenvalue weighted by atomic mass is 9.91. The lowest BCUT2D eigenvalue weighted by molar-refractivity contribution is 0.614. The van der Waals surface area contributed by atoms with Gasteiger partial charge in [0.25, 0.3) is 0 Å². The van der Waals surface area contributed by atoms with Crippen molar-refractivity contribution >= 4 is 0 Å². The molecule has 0 aliphatic rings. The van der Waals surface area contributed by atoms with Gasteiger partial charge < -0.3 is 5.73 Å². The molecule has 0 amide bonds. The molecule has 1 heteroatoms. The average Bonchev–Trinajstić information content (AvgIpc) is 2.45. The van der Waals surface area contributed by atoms with Crippen LogP contribution in [0.3, 0.4) is 0 Å². The topological polar surface area (TPSA) is 26.0 Å². The first kappa shape index (κ1) is 13.8. The molecule has 1 nitrogen and oxygen atoms in total. The molecule has 0 aromatic heterocycles. The molecule has 100 valence electrons. The number of rotatable bonds is 5. The van der Waals surface area contributed by atoms with Gasteiger partial charge in [-0.05, 0) is 48.9 Å². The molecule has 0 saturated carbocycles. The van der Waals surface area contributed by atoms with Gasteiger partial charge in [0.15, 0.2) is 0 Å². The second kappa shape index (κ2) is 6.53. The highest BCUT2D eigenvalue weighted by atomic mass is 14.5. The van der Waals surface area contributed by atoms with Gasteiger partial charge in [-0.2, -0.15) is 0 Å². The Labute approximate surface area is 116 Å². The molecule has 1 unspecified atom stereocenters. The van der Waals surface area contributed by atoms with Crippen molar-refractivity contribution in [3.63, 3.8) is 0 Å². The molecule has 2 N–H and O–H groups in total. The van der Waals surface area contributed by atoms with E-state index in [-0.39, 0.29) is 0 Å². The molecule has 2 rings (SSSR count). The maximum Gasteiger partial charge on any atom is -0.00714 e. The summed E-state index contributed by atoms with van der Waals surface area (Å²) in [7, 11) is 0. The quantitative estimate of drug-likeness (QED) is 0.834. The Morgan fingerprint density at radius 2 is 1.74 bits per heavy atom. The van der Waals surface area contributed by atoms with Crippen LogP contribution < -0.4 is 5.73 Å². The second-order valence-electron chi connectivity index (χ2n) is 5.17. The van der Waals surface area contributed by atoms with Crippen molar-refractivity contribution in [3.8, 4) is 11.1 Å². The fraction of sp³-hybridized carbons (Fsp3) is 0.333. The number of hydrogen-bond donors (Lipinski definition) is 1. The van der Waals surface area contributed by atoms with Gasteiger partial charge >= 0.3 is 0 Å². The zero-order valence-corrected chi connectivity index (χ0v) is 11.9. The summed E-state index contributed by atoms with van der Waals surface area (Å²) < 4.78 is 0. The van der Waals surface area contributed by atoms with Crippen LogP contribution in [-0.2, 0) is 0 Å². The highest BCUT2D eigenvalue weighted by molar-refractivity contribution is 5.64. The first-order chi connectivity index (χ1) is 9.24. The summed E-state index contributed by atoms with van der Waals surface area (Å²) >= 11 is 0. The number of benzene rings is 2. The third kappa shape index (κ3) is 3.45. The molecule has 2 aromatic carbocycles. The van der Waals surface area contributed by atoms with E-state index in [1.807, 2.05) is 0 Å². The summed E-state index contributed by atoms with van der Waals surface area (Å²) in [4.78, 5) is 0. The lowest BCUT2D eigenvalue weighted by Gasteiger charge is -2.14. The Bertz CT molecular complexity index is 513. The molecule has 0 saturated heterocycles. The monoisotopic (exact) mass is 253 g/mol. The fourth-order valence-electron chi connectivity index (χ4n) is 2.58. The molecule has 19 heavy (non-hydrogen) atoms. The van der Waals surface area contributed by atoms with E-state index in [1.54, 1.807) is 0 Å². The predicted molar refractivity (Wildman–Crippen MR) is 83.3 cm³/mol. The maximum absolute atomic E-state index is 5.68. The van der Waals surface area contributed by atoms with E-state index in [2.05, 4.69) is 62.4 Å². The van der Waals surface area contributed by atoms with Crippen LogP contribution >= 0.6 is 0 Å². The van der Waals surface area contributed by atoms with Crippen molar-refractivity contribution in [2.24, 2.45) is 5.73 Å². The van der Waals surface area contributed by atoms with Crippen molar-refractivity contribution in [2.45, 2.75) is 32.6 Å². The van der Waals surface area contributed by atoms with Crippen molar-refractivity contribution < 1.29 is 0 Å². The largest absolute Gasteiger partial charge is 0.330 e. The van der Waals surface area contributed by atoms with Crippen LogP contribution in [0.2, 0.25) is 0 Å². The summed E-state index contributed by atoms with van der Waals surface area (Å²) in [6, 6.07) is 17.6. The van der Waals surface area contributed by atoms with Gasteiger partial charge in [0.1, 0.15) is 0 Å². The molecule has 0 aliphatic heterocycles. The van der Waals surface area contributed by atoms with Crippen LogP contribution in [0.25, 0.3) is 11.1 Å². The molecular formula is C18H23N. The molecule has 0 aliphatic carbocycles. The maximum atomic E-state index is 5.68. The summed E-state index contributed by atoms with van der Waals surface area (Å²) in [6.45, 7) is 5.12. The van der Waals surface area contributed by atoms with Crippen LogP contribution in [0.15, 0.2) is 48.5 Å². The Hall–Kier alpha value is -1.60.